The number of nitrogens with zero attached hydrogens (tertiary/aromatic N) is 2. The van der Waals surface area contributed by atoms with Crippen molar-refractivity contribution in [2.45, 2.75) is 0 Å². The Morgan fingerprint density at radius 1 is 0.963 bits per heavy atom. The second-order valence-electron chi connectivity index (χ2n) is 5.85. The summed E-state index contributed by atoms with van der Waals surface area (Å²) in [6, 6.07) is 16.9. The molecule has 3 aromatic rings. The molecule has 0 aliphatic rings. The molecule has 0 bridgehead atoms. The lowest BCUT2D eigenvalue weighted by molar-refractivity contribution is 0.102. The Balaban J connectivity index is 1.82. The molecule has 0 saturated heterocycles. The Hall–Kier alpha value is -3.54. The molecule has 0 atom stereocenters. The van der Waals surface area contributed by atoms with Gasteiger partial charge in [-0.15, -0.1) is 0 Å². The maximum absolute atomic E-state index is 12.7. The first-order chi connectivity index (χ1) is 13.1. The minimum absolute atomic E-state index is 0.269. The number of hydrogen-bond acceptors (Lipinski definition) is 5. The third-order valence-corrected chi connectivity index (χ3v) is 4.17. The molecule has 0 radical (unpaired) electrons. The molecule has 0 unspecified atom stereocenters. The van der Waals surface area contributed by atoms with Crippen molar-refractivity contribution in [3.05, 3.63) is 72.6 Å². The van der Waals surface area contributed by atoms with Crippen molar-refractivity contribution in [2.75, 3.05) is 31.5 Å². The smallest absolute Gasteiger partial charge is 0.257 e. The molecule has 2 aromatic carbocycles. The summed E-state index contributed by atoms with van der Waals surface area (Å²) >= 11 is 0. The summed E-state index contributed by atoms with van der Waals surface area (Å²) in [5.41, 5.74) is 2.84. The summed E-state index contributed by atoms with van der Waals surface area (Å²) < 4.78 is 10.5. The van der Waals surface area contributed by atoms with Gasteiger partial charge in [-0.05, 0) is 30.3 Å². The number of pyridine rings is 1. The molecule has 1 amide bonds. The zero-order valence-corrected chi connectivity index (χ0v) is 15.5. The van der Waals surface area contributed by atoms with Gasteiger partial charge in [0.1, 0.15) is 11.5 Å². The molecule has 6 nitrogen and oxygen atoms in total. The van der Waals surface area contributed by atoms with Crippen molar-refractivity contribution in [1.82, 2.24) is 4.98 Å². The number of hydrogen-bond donors (Lipinski definition) is 1. The first-order valence-electron chi connectivity index (χ1n) is 8.39. The van der Waals surface area contributed by atoms with E-state index >= 15 is 0 Å². The quantitative estimate of drug-likeness (QED) is 0.714. The molecule has 0 saturated carbocycles. The monoisotopic (exact) mass is 363 g/mol. The van der Waals surface area contributed by atoms with Crippen molar-refractivity contribution in [1.29, 1.82) is 0 Å². The first kappa shape index (κ1) is 18.3. The van der Waals surface area contributed by atoms with E-state index in [1.165, 1.54) is 6.20 Å². The highest BCUT2D eigenvalue weighted by atomic mass is 16.5. The standard InChI is InChI=1S/C21H21N3O3/c1-24(16-7-5-4-6-8-16)17-11-15(13-22-14-17)21(25)23-19-10-9-18(26-2)12-20(19)27-3/h4-14H,1-3H3,(H,23,25). The highest BCUT2D eigenvalue weighted by Gasteiger charge is 2.13. The fourth-order valence-corrected chi connectivity index (χ4v) is 2.63. The number of methoxy groups -OCH3 is 2. The van der Waals surface area contributed by atoms with Crippen LogP contribution in [0.4, 0.5) is 17.1 Å². The van der Waals surface area contributed by atoms with Crippen LogP contribution in [0.5, 0.6) is 11.5 Å². The number of carbonyl (C=O) groups is 1. The Kier molecular flexibility index (Phi) is 5.56. The Labute approximate surface area is 158 Å². The van der Waals surface area contributed by atoms with Crippen LogP contribution in [-0.2, 0) is 0 Å². The molecule has 0 aliphatic heterocycles. The van der Waals surface area contributed by atoms with Crippen LogP contribution in [0.2, 0.25) is 0 Å². The molecule has 3 rings (SSSR count). The maximum Gasteiger partial charge on any atom is 0.257 e. The lowest BCUT2D eigenvalue weighted by atomic mass is 10.2. The molecule has 27 heavy (non-hydrogen) atoms. The molecule has 0 fully saturated rings. The second kappa shape index (κ2) is 8.23. The molecular weight excluding hydrogens is 342 g/mol. The Bertz CT molecular complexity index is 929. The molecule has 1 heterocycles. The predicted octanol–water partition coefficient (Wildman–Crippen LogP) is 4.12. The summed E-state index contributed by atoms with van der Waals surface area (Å²) in [6.45, 7) is 0. The molecule has 1 aromatic heterocycles. The van der Waals surface area contributed by atoms with Crippen molar-refractivity contribution in [3.8, 4) is 11.5 Å². The fraction of sp³-hybridized carbons (Fsp3) is 0.143. The van der Waals surface area contributed by atoms with E-state index in [1.807, 2.05) is 42.3 Å². The van der Waals surface area contributed by atoms with Gasteiger partial charge in [0.05, 0.1) is 37.4 Å². The maximum atomic E-state index is 12.7. The number of nitrogens with one attached hydrogen (secondary N) is 1. The van der Waals surface area contributed by atoms with Crippen molar-refractivity contribution < 1.29 is 14.3 Å². The lowest BCUT2D eigenvalue weighted by Gasteiger charge is -2.19. The molecule has 0 aliphatic carbocycles. The summed E-state index contributed by atoms with van der Waals surface area (Å²) in [5.74, 6) is 0.903. The second-order valence-corrected chi connectivity index (χ2v) is 5.85. The van der Waals surface area contributed by atoms with Gasteiger partial charge in [0.2, 0.25) is 0 Å². The lowest BCUT2D eigenvalue weighted by Crippen LogP contribution is -2.15. The fourth-order valence-electron chi connectivity index (χ4n) is 2.63. The topological polar surface area (TPSA) is 63.7 Å². The molecule has 138 valence electrons. The van der Waals surface area contributed by atoms with E-state index < -0.39 is 0 Å². The third-order valence-electron chi connectivity index (χ3n) is 4.17. The molecular formula is C21H21N3O3. The first-order valence-corrected chi connectivity index (χ1v) is 8.39. The van der Waals surface area contributed by atoms with Crippen molar-refractivity contribution in [2.24, 2.45) is 0 Å². The number of ether oxygens (including phenoxy) is 2. The van der Waals surface area contributed by atoms with E-state index in [0.29, 0.717) is 22.7 Å². The Morgan fingerprint density at radius 2 is 1.74 bits per heavy atom. The van der Waals surface area contributed by atoms with Gasteiger partial charge in [-0.3, -0.25) is 9.78 Å². The summed E-state index contributed by atoms with van der Waals surface area (Å²) in [5, 5.41) is 2.86. The van der Waals surface area contributed by atoms with Crippen LogP contribution in [0.3, 0.4) is 0 Å². The third kappa shape index (κ3) is 4.17. The normalized spacial score (nSPS) is 10.2. The average Bonchev–Trinajstić information content (AvgIpc) is 2.74. The van der Waals surface area contributed by atoms with Gasteiger partial charge in [-0.2, -0.15) is 0 Å². The van der Waals surface area contributed by atoms with Gasteiger partial charge in [-0.25, -0.2) is 0 Å². The summed E-state index contributed by atoms with van der Waals surface area (Å²) in [4.78, 5) is 18.9. The van der Waals surface area contributed by atoms with Crippen LogP contribution in [0.15, 0.2) is 67.0 Å². The van der Waals surface area contributed by atoms with E-state index in [-0.39, 0.29) is 5.91 Å². The van der Waals surface area contributed by atoms with Crippen LogP contribution < -0.4 is 19.7 Å². The average molecular weight is 363 g/mol. The number of benzene rings is 2. The number of anilines is 3. The van der Waals surface area contributed by atoms with Crippen molar-refractivity contribution in [3.63, 3.8) is 0 Å². The SMILES string of the molecule is COc1ccc(NC(=O)c2cncc(N(C)c3ccccc3)c2)c(OC)c1. The van der Waals surface area contributed by atoms with E-state index in [0.717, 1.165) is 11.4 Å². The van der Waals surface area contributed by atoms with E-state index in [9.17, 15) is 4.79 Å². The van der Waals surface area contributed by atoms with E-state index in [4.69, 9.17) is 9.47 Å². The predicted molar refractivity (Wildman–Crippen MR) is 106 cm³/mol. The van der Waals surface area contributed by atoms with Crippen LogP contribution in [0.25, 0.3) is 0 Å². The van der Waals surface area contributed by atoms with E-state index in [1.54, 1.807) is 44.7 Å². The zero-order chi connectivity index (χ0) is 19.2. The number of carbonyl (C=O) groups excluding carboxylic acids is 1. The zero-order valence-electron chi connectivity index (χ0n) is 15.5. The number of aromatic nitrogens is 1. The highest BCUT2D eigenvalue weighted by Crippen LogP contribution is 2.30. The van der Waals surface area contributed by atoms with Crippen LogP contribution >= 0.6 is 0 Å². The number of amides is 1. The number of para-hydroxylation sites is 1. The van der Waals surface area contributed by atoms with Crippen LogP contribution in [0, 0.1) is 0 Å². The van der Waals surface area contributed by atoms with Gasteiger partial charge in [0, 0.05) is 25.0 Å². The van der Waals surface area contributed by atoms with Gasteiger partial charge in [0.25, 0.3) is 5.91 Å². The summed E-state index contributed by atoms with van der Waals surface area (Å²) in [7, 11) is 5.05. The van der Waals surface area contributed by atoms with E-state index in [2.05, 4.69) is 10.3 Å². The largest absolute Gasteiger partial charge is 0.497 e. The van der Waals surface area contributed by atoms with Crippen LogP contribution in [0.1, 0.15) is 10.4 Å². The van der Waals surface area contributed by atoms with Gasteiger partial charge in [0.15, 0.2) is 0 Å². The van der Waals surface area contributed by atoms with Crippen LogP contribution in [-0.4, -0.2) is 32.2 Å². The van der Waals surface area contributed by atoms with Gasteiger partial charge in [-0.1, -0.05) is 18.2 Å². The molecule has 6 heteroatoms. The number of rotatable bonds is 6. The Morgan fingerprint density at radius 3 is 2.44 bits per heavy atom. The molecule has 0 spiro atoms. The van der Waals surface area contributed by atoms with Gasteiger partial charge >= 0.3 is 0 Å². The minimum Gasteiger partial charge on any atom is -0.497 e. The summed E-state index contributed by atoms with van der Waals surface area (Å²) in [6.07, 6.45) is 3.26. The highest BCUT2D eigenvalue weighted by molar-refractivity contribution is 6.05. The minimum atomic E-state index is -0.269. The van der Waals surface area contributed by atoms with Gasteiger partial charge < -0.3 is 19.7 Å². The van der Waals surface area contributed by atoms with Crippen molar-refractivity contribution >= 4 is 23.0 Å². The molecule has 1 N–H and O–H groups in total.